The zero-order valence-corrected chi connectivity index (χ0v) is 25.1. The molecule has 10 heteroatoms. The Bertz CT molecular complexity index is 1640. The van der Waals surface area contributed by atoms with Crippen molar-refractivity contribution in [2.75, 3.05) is 36.4 Å². The molecule has 6 rings (SSSR count). The summed E-state index contributed by atoms with van der Waals surface area (Å²) >= 11 is 0. The van der Waals surface area contributed by atoms with Gasteiger partial charge in [-0.25, -0.2) is 18.0 Å². The van der Waals surface area contributed by atoms with Crippen LogP contribution in [-0.2, 0) is 26.2 Å². The summed E-state index contributed by atoms with van der Waals surface area (Å²) < 4.78 is 29.7. The number of anilines is 2. The summed E-state index contributed by atoms with van der Waals surface area (Å²) in [6.45, 7) is 5.96. The van der Waals surface area contributed by atoms with Crippen LogP contribution in [0.2, 0.25) is 0 Å². The minimum absolute atomic E-state index is 0.0548. The molecule has 43 heavy (non-hydrogen) atoms. The Labute approximate surface area is 253 Å². The van der Waals surface area contributed by atoms with E-state index >= 15 is 0 Å². The predicted octanol–water partition coefficient (Wildman–Crippen LogP) is 4.19. The monoisotopic (exact) mass is 599 g/mol. The third kappa shape index (κ3) is 6.28. The zero-order valence-electron chi connectivity index (χ0n) is 24.3. The number of fused-ring (bicyclic) bond motifs is 1. The van der Waals surface area contributed by atoms with Crippen LogP contribution in [0, 0.1) is 0 Å². The molecule has 9 nitrogen and oxygen atoms in total. The summed E-state index contributed by atoms with van der Waals surface area (Å²) in [5.74, 6) is -0.941. The van der Waals surface area contributed by atoms with Crippen molar-refractivity contribution in [2.24, 2.45) is 0 Å². The molecular weight excluding hydrogens is 562 g/mol. The van der Waals surface area contributed by atoms with Gasteiger partial charge in [0.05, 0.1) is 21.9 Å². The molecule has 3 N–H and O–H groups in total. The van der Waals surface area contributed by atoms with Gasteiger partial charge in [-0.05, 0) is 93.3 Å². The summed E-state index contributed by atoms with van der Waals surface area (Å²) in [7, 11) is -3.86. The van der Waals surface area contributed by atoms with Crippen LogP contribution in [0.25, 0.3) is 11.3 Å². The van der Waals surface area contributed by atoms with E-state index in [9.17, 15) is 18.0 Å². The molecule has 3 aliphatic heterocycles. The van der Waals surface area contributed by atoms with Crippen molar-refractivity contribution in [3.05, 3.63) is 89.5 Å². The number of imide groups is 1. The Balaban J connectivity index is 1.41. The lowest BCUT2D eigenvalue weighted by molar-refractivity contribution is -0.122. The van der Waals surface area contributed by atoms with E-state index in [1.807, 2.05) is 42.5 Å². The molecule has 3 aromatic carbocycles. The normalized spacial score (nSPS) is 19.0. The van der Waals surface area contributed by atoms with Crippen molar-refractivity contribution in [3.63, 3.8) is 0 Å². The van der Waals surface area contributed by atoms with Crippen molar-refractivity contribution in [3.8, 4) is 0 Å². The quantitative estimate of drug-likeness (QED) is 0.333. The Morgan fingerprint density at radius 2 is 1.65 bits per heavy atom. The summed E-state index contributed by atoms with van der Waals surface area (Å²) in [5.41, 5.74) is 4.24. The minimum Gasteiger partial charge on any atom is -0.354 e. The molecule has 0 spiro atoms. The van der Waals surface area contributed by atoms with Gasteiger partial charge >= 0.3 is 0 Å². The predicted molar refractivity (Wildman–Crippen MR) is 169 cm³/mol. The van der Waals surface area contributed by atoms with E-state index in [-0.39, 0.29) is 16.5 Å². The maximum Gasteiger partial charge on any atom is 0.267 e. The van der Waals surface area contributed by atoms with Crippen molar-refractivity contribution >= 4 is 44.5 Å². The number of hydrogen-bond donors (Lipinski definition) is 3. The first-order valence-electron chi connectivity index (χ1n) is 14.9. The number of amides is 2. The van der Waals surface area contributed by atoms with Gasteiger partial charge < -0.3 is 10.6 Å². The second kappa shape index (κ2) is 12.4. The van der Waals surface area contributed by atoms with Crippen LogP contribution in [0.5, 0.6) is 0 Å². The first kappa shape index (κ1) is 29.3. The summed E-state index contributed by atoms with van der Waals surface area (Å²) in [6, 6.07) is 21.9. The van der Waals surface area contributed by atoms with Crippen LogP contribution in [0.15, 0.2) is 77.7 Å². The fraction of sp³-hybridized carbons (Fsp3) is 0.333. The molecule has 0 unspecified atom stereocenters. The Morgan fingerprint density at radius 3 is 2.33 bits per heavy atom. The molecule has 2 saturated heterocycles. The number of nitrogens with one attached hydrogen (secondary N) is 3. The number of piperidine rings is 1. The Morgan fingerprint density at radius 1 is 0.953 bits per heavy atom. The lowest BCUT2D eigenvalue weighted by atomic mass is 10.00. The van der Waals surface area contributed by atoms with E-state index in [1.165, 1.54) is 37.5 Å². The zero-order chi connectivity index (χ0) is 30.0. The van der Waals surface area contributed by atoms with Crippen LogP contribution in [0.4, 0.5) is 11.4 Å². The molecule has 0 aliphatic carbocycles. The fourth-order valence-corrected chi connectivity index (χ4v) is 7.45. The van der Waals surface area contributed by atoms with Crippen molar-refractivity contribution in [1.29, 1.82) is 0 Å². The topological polar surface area (TPSA) is 111 Å². The van der Waals surface area contributed by atoms with Gasteiger partial charge in [-0.15, -0.1) is 0 Å². The number of carbonyl (C=O) groups is 2. The maximum absolute atomic E-state index is 14.0. The standard InChI is InChI=1S/C33H37N5O4S/c1-23(39)38-30-14-13-28(43(41,42)36-27-15-17-34-18-16-27)21-29(30)31(33(38)40)32(25-7-3-2-4-8-25)35-26-11-9-24(10-12-26)22-37-19-5-6-20-37/h2-4,7-14,21,27,34-36H,5-6,15-20,22H2,1H3/b32-31-. The lowest BCUT2D eigenvalue weighted by Gasteiger charge is -2.23. The van der Waals surface area contributed by atoms with E-state index in [1.54, 1.807) is 6.07 Å². The highest BCUT2D eigenvalue weighted by atomic mass is 32.2. The number of sulfonamides is 1. The number of likely N-dealkylation sites (tertiary alicyclic amines) is 1. The molecule has 0 atom stereocenters. The van der Waals surface area contributed by atoms with Gasteiger partial charge in [0.2, 0.25) is 15.9 Å². The number of rotatable bonds is 8. The van der Waals surface area contributed by atoms with Crippen molar-refractivity contribution in [2.45, 2.75) is 50.1 Å². The SMILES string of the molecule is CC(=O)N1C(=O)/C(=C(\Nc2ccc(CN3CCCC3)cc2)c2ccccc2)c2cc(S(=O)(=O)NC3CCNCC3)ccc21. The first-order valence-corrected chi connectivity index (χ1v) is 16.4. The molecule has 2 fully saturated rings. The van der Waals surface area contributed by atoms with E-state index in [0.717, 1.165) is 48.9 Å². The Hall–Kier alpha value is -3.83. The maximum atomic E-state index is 14.0. The molecule has 0 radical (unpaired) electrons. The van der Waals surface area contributed by atoms with E-state index < -0.39 is 21.8 Å². The van der Waals surface area contributed by atoms with Crippen LogP contribution >= 0.6 is 0 Å². The average molecular weight is 600 g/mol. The minimum atomic E-state index is -3.86. The highest BCUT2D eigenvalue weighted by molar-refractivity contribution is 7.89. The van der Waals surface area contributed by atoms with Crippen molar-refractivity contribution in [1.82, 2.24) is 14.9 Å². The molecule has 0 aromatic heterocycles. The highest BCUT2D eigenvalue weighted by Gasteiger charge is 2.39. The number of carbonyl (C=O) groups excluding carboxylic acids is 2. The van der Waals surface area contributed by atoms with Gasteiger partial charge in [0.15, 0.2) is 0 Å². The van der Waals surface area contributed by atoms with E-state index in [2.05, 4.69) is 32.4 Å². The lowest BCUT2D eigenvalue weighted by Crippen LogP contribution is -2.42. The van der Waals surface area contributed by atoms with Crippen molar-refractivity contribution < 1.29 is 18.0 Å². The molecule has 3 heterocycles. The van der Waals surface area contributed by atoms with E-state index in [4.69, 9.17) is 0 Å². The first-order chi connectivity index (χ1) is 20.8. The molecular formula is C33H37N5O4S. The molecule has 0 bridgehead atoms. The third-order valence-electron chi connectivity index (χ3n) is 8.32. The number of hydrogen-bond acceptors (Lipinski definition) is 7. The smallest absolute Gasteiger partial charge is 0.267 e. The molecule has 3 aromatic rings. The van der Waals surface area contributed by atoms with Gasteiger partial charge in [0, 0.05) is 30.8 Å². The second-order valence-corrected chi connectivity index (χ2v) is 13.1. The van der Waals surface area contributed by atoms with Gasteiger partial charge in [-0.2, -0.15) is 0 Å². The van der Waals surface area contributed by atoms with Gasteiger partial charge in [0.1, 0.15) is 0 Å². The number of benzene rings is 3. The third-order valence-corrected chi connectivity index (χ3v) is 9.84. The number of nitrogens with zero attached hydrogens (tertiary/aromatic N) is 2. The van der Waals surface area contributed by atoms with Gasteiger partial charge in [-0.3, -0.25) is 14.5 Å². The largest absolute Gasteiger partial charge is 0.354 e. The fourth-order valence-electron chi connectivity index (χ4n) is 6.12. The molecule has 3 aliphatic rings. The van der Waals surface area contributed by atoms with E-state index in [0.29, 0.717) is 29.8 Å². The van der Waals surface area contributed by atoms with Crippen LogP contribution in [-0.4, -0.2) is 57.4 Å². The van der Waals surface area contributed by atoms with Gasteiger partial charge in [-0.1, -0.05) is 42.5 Å². The van der Waals surface area contributed by atoms with Crippen LogP contribution < -0.4 is 20.3 Å². The molecule has 0 saturated carbocycles. The highest BCUT2D eigenvalue weighted by Crippen LogP contribution is 2.42. The van der Waals surface area contributed by atoms with Gasteiger partial charge in [0.25, 0.3) is 5.91 Å². The summed E-state index contributed by atoms with van der Waals surface area (Å²) in [5, 5.41) is 6.69. The van der Waals surface area contributed by atoms with Crippen LogP contribution in [0.1, 0.15) is 49.3 Å². The molecule has 224 valence electrons. The average Bonchev–Trinajstić information content (AvgIpc) is 3.62. The molecule has 2 amide bonds. The second-order valence-electron chi connectivity index (χ2n) is 11.4. The summed E-state index contributed by atoms with van der Waals surface area (Å²) in [6.07, 6.45) is 3.87. The summed E-state index contributed by atoms with van der Waals surface area (Å²) in [4.78, 5) is 30.3. The Kier molecular flexibility index (Phi) is 8.45. The van der Waals surface area contributed by atoms with Crippen LogP contribution in [0.3, 0.4) is 0 Å².